The summed E-state index contributed by atoms with van der Waals surface area (Å²) >= 11 is 1.53. The molecule has 1 unspecified atom stereocenters. The molecule has 0 amide bonds. The van der Waals surface area contributed by atoms with Crippen LogP contribution in [0.2, 0.25) is 0 Å². The number of thiophene rings is 1. The van der Waals surface area contributed by atoms with Gasteiger partial charge in [-0.2, -0.15) is 0 Å². The van der Waals surface area contributed by atoms with Crippen molar-refractivity contribution >= 4 is 21.6 Å². The first-order chi connectivity index (χ1) is 9.63. The molecule has 0 bridgehead atoms. The molecule has 20 heavy (non-hydrogen) atoms. The molecule has 0 radical (unpaired) electrons. The highest BCUT2D eigenvalue weighted by Crippen LogP contribution is 2.25. The summed E-state index contributed by atoms with van der Waals surface area (Å²) in [6, 6.07) is 7.11. The third kappa shape index (κ3) is 2.55. The Morgan fingerprint density at radius 1 is 1.20 bits per heavy atom. The first kappa shape index (κ1) is 13.1. The second-order valence-corrected chi connectivity index (χ2v) is 5.48. The lowest BCUT2D eigenvalue weighted by atomic mass is 10.0. The Labute approximate surface area is 118 Å². The van der Waals surface area contributed by atoms with Gasteiger partial charge in [0.2, 0.25) is 0 Å². The topological polar surface area (TPSA) is 33.1 Å². The van der Waals surface area contributed by atoms with Gasteiger partial charge in [-0.1, -0.05) is 6.07 Å². The van der Waals surface area contributed by atoms with Gasteiger partial charge >= 0.3 is 0 Å². The zero-order chi connectivity index (χ0) is 14.1. The van der Waals surface area contributed by atoms with Crippen molar-refractivity contribution in [2.24, 2.45) is 0 Å². The van der Waals surface area contributed by atoms with Gasteiger partial charge in [-0.3, -0.25) is 4.98 Å². The summed E-state index contributed by atoms with van der Waals surface area (Å²) < 4.78 is 27.4. The molecule has 1 aromatic carbocycles. The van der Waals surface area contributed by atoms with Gasteiger partial charge in [0.05, 0.1) is 16.3 Å². The van der Waals surface area contributed by atoms with Crippen molar-refractivity contribution < 1.29 is 13.9 Å². The van der Waals surface area contributed by atoms with E-state index in [0.717, 1.165) is 16.3 Å². The number of benzene rings is 1. The van der Waals surface area contributed by atoms with Crippen LogP contribution in [0.15, 0.2) is 41.9 Å². The molecule has 5 heteroatoms. The van der Waals surface area contributed by atoms with Crippen LogP contribution in [0, 0.1) is 11.6 Å². The van der Waals surface area contributed by atoms with Gasteiger partial charge in [0, 0.05) is 24.2 Å². The smallest absolute Gasteiger partial charge is 0.129 e. The van der Waals surface area contributed by atoms with Crippen molar-refractivity contribution in [3.8, 4) is 0 Å². The summed E-state index contributed by atoms with van der Waals surface area (Å²) in [5.41, 5.74) is 1.78. The van der Waals surface area contributed by atoms with Gasteiger partial charge < -0.3 is 5.11 Å². The number of aliphatic hydroxyl groups excluding tert-OH is 1. The minimum Gasteiger partial charge on any atom is -0.388 e. The van der Waals surface area contributed by atoms with E-state index in [4.69, 9.17) is 0 Å². The highest BCUT2D eigenvalue weighted by molar-refractivity contribution is 7.17. The van der Waals surface area contributed by atoms with Crippen molar-refractivity contribution in [2.45, 2.75) is 12.5 Å². The number of aliphatic hydroxyl groups is 1. The lowest BCUT2D eigenvalue weighted by molar-refractivity contribution is 0.177. The maximum absolute atomic E-state index is 13.6. The SMILES string of the molecule is OC(Cc1ccc(F)cc1F)c1cnc2ccsc2c1. The van der Waals surface area contributed by atoms with E-state index < -0.39 is 17.7 Å². The maximum atomic E-state index is 13.6. The van der Waals surface area contributed by atoms with E-state index >= 15 is 0 Å². The molecule has 0 aliphatic carbocycles. The van der Waals surface area contributed by atoms with Crippen molar-refractivity contribution in [2.75, 3.05) is 0 Å². The normalized spacial score (nSPS) is 12.8. The van der Waals surface area contributed by atoms with Crippen LogP contribution in [-0.4, -0.2) is 10.1 Å². The van der Waals surface area contributed by atoms with E-state index in [1.165, 1.54) is 23.5 Å². The van der Waals surface area contributed by atoms with E-state index in [0.29, 0.717) is 5.56 Å². The largest absolute Gasteiger partial charge is 0.388 e. The summed E-state index contributed by atoms with van der Waals surface area (Å²) in [6.07, 6.45) is 0.806. The summed E-state index contributed by atoms with van der Waals surface area (Å²) in [7, 11) is 0. The van der Waals surface area contributed by atoms with E-state index in [1.54, 1.807) is 6.20 Å². The first-order valence-electron chi connectivity index (χ1n) is 6.08. The Hall–Kier alpha value is -1.85. The maximum Gasteiger partial charge on any atom is 0.129 e. The predicted molar refractivity (Wildman–Crippen MR) is 74.6 cm³/mol. The number of hydrogen-bond donors (Lipinski definition) is 1. The van der Waals surface area contributed by atoms with Gasteiger partial charge in [0.1, 0.15) is 11.6 Å². The molecule has 102 valence electrons. The second kappa shape index (κ2) is 5.26. The molecule has 2 heterocycles. The summed E-state index contributed by atoms with van der Waals surface area (Å²) in [5.74, 6) is -1.27. The van der Waals surface area contributed by atoms with Crippen LogP contribution in [0.1, 0.15) is 17.2 Å². The second-order valence-electron chi connectivity index (χ2n) is 4.53. The fourth-order valence-corrected chi connectivity index (χ4v) is 2.85. The van der Waals surface area contributed by atoms with Gasteiger partial charge in [0.25, 0.3) is 0 Å². The van der Waals surface area contributed by atoms with E-state index in [-0.39, 0.29) is 12.0 Å². The minimum atomic E-state index is -0.867. The number of pyridine rings is 1. The Morgan fingerprint density at radius 3 is 2.85 bits per heavy atom. The number of rotatable bonds is 3. The highest BCUT2D eigenvalue weighted by Gasteiger charge is 2.13. The van der Waals surface area contributed by atoms with Gasteiger partial charge in [-0.05, 0) is 29.1 Å². The van der Waals surface area contributed by atoms with Crippen molar-refractivity contribution in [3.05, 3.63) is 64.7 Å². The number of hydrogen-bond acceptors (Lipinski definition) is 3. The first-order valence-corrected chi connectivity index (χ1v) is 6.96. The Morgan fingerprint density at radius 2 is 2.05 bits per heavy atom. The summed E-state index contributed by atoms with van der Waals surface area (Å²) in [5, 5.41) is 12.1. The van der Waals surface area contributed by atoms with E-state index in [9.17, 15) is 13.9 Å². The summed E-state index contributed by atoms with van der Waals surface area (Å²) in [6.45, 7) is 0. The molecule has 0 saturated heterocycles. The number of fused-ring (bicyclic) bond motifs is 1. The van der Waals surface area contributed by atoms with Crippen molar-refractivity contribution in [1.29, 1.82) is 0 Å². The van der Waals surface area contributed by atoms with Crippen LogP contribution in [0.3, 0.4) is 0 Å². The molecule has 3 rings (SSSR count). The Balaban J connectivity index is 1.86. The van der Waals surface area contributed by atoms with Crippen LogP contribution in [-0.2, 0) is 6.42 Å². The quantitative estimate of drug-likeness (QED) is 0.795. The molecule has 2 aromatic heterocycles. The Bertz CT molecular complexity index is 756. The lowest BCUT2D eigenvalue weighted by Crippen LogP contribution is -2.04. The fraction of sp³-hybridized carbons (Fsp3) is 0.133. The highest BCUT2D eigenvalue weighted by atomic mass is 32.1. The van der Waals surface area contributed by atoms with Crippen molar-refractivity contribution in [3.63, 3.8) is 0 Å². The predicted octanol–water partition coefficient (Wildman–Crippen LogP) is 3.85. The van der Waals surface area contributed by atoms with Crippen LogP contribution >= 0.6 is 11.3 Å². The van der Waals surface area contributed by atoms with Crippen molar-refractivity contribution in [1.82, 2.24) is 4.98 Å². The molecule has 3 aromatic rings. The van der Waals surface area contributed by atoms with E-state index in [2.05, 4.69) is 4.98 Å². The van der Waals surface area contributed by atoms with Gasteiger partial charge in [-0.25, -0.2) is 8.78 Å². The average Bonchev–Trinajstić information content (AvgIpc) is 2.89. The Kier molecular flexibility index (Phi) is 3.46. The molecule has 0 spiro atoms. The molecular formula is C15H11F2NOS. The molecule has 0 aliphatic rings. The van der Waals surface area contributed by atoms with Gasteiger partial charge in [-0.15, -0.1) is 11.3 Å². The molecule has 2 nitrogen and oxygen atoms in total. The number of nitrogens with zero attached hydrogens (tertiary/aromatic N) is 1. The van der Waals surface area contributed by atoms with Crippen LogP contribution in [0.25, 0.3) is 10.2 Å². The van der Waals surface area contributed by atoms with Crippen LogP contribution in [0.4, 0.5) is 8.78 Å². The molecule has 0 aliphatic heterocycles. The van der Waals surface area contributed by atoms with Crippen LogP contribution in [0.5, 0.6) is 0 Å². The third-order valence-corrected chi connectivity index (χ3v) is 3.99. The standard InChI is InChI=1S/C15H11F2NOS/c16-11-2-1-9(12(17)7-11)5-14(19)10-6-15-13(18-8-10)3-4-20-15/h1-4,6-8,14,19H,5H2. The number of halogens is 2. The third-order valence-electron chi connectivity index (χ3n) is 3.14. The van der Waals surface area contributed by atoms with Gasteiger partial charge in [0.15, 0.2) is 0 Å². The molecular weight excluding hydrogens is 280 g/mol. The van der Waals surface area contributed by atoms with E-state index in [1.807, 2.05) is 17.5 Å². The molecule has 1 atom stereocenters. The molecule has 1 N–H and O–H groups in total. The summed E-state index contributed by atoms with van der Waals surface area (Å²) in [4.78, 5) is 4.24. The molecule has 0 saturated carbocycles. The number of aromatic nitrogens is 1. The lowest BCUT2D eigenvalue weighted by Gasteiger charge is -2.11. The zero-order valence-corrected chi connectivity index (χ0v) is 11.2. The average molecular weight is 291 g/mol. The zero-order valence-electron chi connectivity index (χ0n) is 10.4. The fourth-order valence-electron chi connectivity index (χ4n) is 2.06. The monoisotopic (exact) mass is 291 g/mol. The minimum absolute atomic E-state index is 0.0880. The molecule has 0 fully saturated rings. The van der Waals surface area contributed by atoms with Crippen LogP contribution < -0.4 is 0 Å².